The van der Waals surface area contributed by atoms with Crippen molar-refractivity contribution in [2.45, 2.75) is 19.3 Å². The number of nitrogens with zero attached hydrogens (tertiary/aromatic N) is 1. The Morgan fingerprint density at radius 1 is 1.35 bits per heavy atom. The molecule has 2 rings (SSSR count). The van der Waals surface area contributed by atoms with Crippen molar-refractivity contribution in [3.63, 3.8) is 0 Å². The molecule has 0 amide bonds. The highest BCUT2D eigenvalue weighted by Gasteiger charge is 2.12. The lowest BCUT2D eigenvalue weighted by atomic mass is 9.97. The lowest BCUT2D eigenvalue weighted by Crippen LogP contribution is -2.04. The highest BCUT2D eigenvalue weighted by atomic mass is 79.9. The summed E-state index contributed by atoms with van der Waals surface area (Å²) in [6, 6.07) is 8.07. The molecular weight excluding hydrogens is 318 g/mol. The van der Waals surface area contributed by atoms with Crippen molar-refractivity contribution in [1.82, 2.24) is 4.98 Å². The summed E-state index contributed by atoms with van der Waals surface area (Å²) in [4.78, 5) is 4.51. The number of benzene rings is 1. The van der Waals surface area contributed by atoms with Crippen LogP contribution < -0.4 is 0 Å². The zero-order valence-corrected chi connectivity index (χ0v) is 12.6. The van der Waals surface area contributed by atoms with E-state index < -0.39 is 0 Å². The first-order valence-electron chi connectivity index (χ1n) is 5.41. The van der Waals surface area contributed by atoms with Crippen LogP contribution in [-0.4, -0.2) is 10.3 Å². The van der Waals surface area contributed by atoms with Crippen LogP contribution in [0.3, 0.4) is 0 Å². The quantitative estimate of drug-likeness (QED) is 0.732. The predicted molar refractivity (Wildman–Crippen MR) is 78.5 cm³/mol. The van der Waals surface area contributed by atoms with Crippen LogP contribution in [0.4, 0.5) is 0 Å². The minimum atomic E-state index is 0.453. The van der Waals surface area contributed by atoms with Gasteiger partial charge in [-0.2, -0.15) is 0 Å². The van der Waals surface area contributed by atoms with Crippen LogP contribution >= 0.6 is 38.9 Å². The normalized spacial score (nSPS) is 12.6. The van der Waals surface area contributed by atoms with E-state index in [1.165, 1.54) is 11.3 Å². The minimum Gasteiger partial charge on any atom is -0.247 e. The lowest BCUT2D eigenvalue weighted by Gasteiger charge is -2.13. The molecule has 0 fully saturated rings. The van der Waals surface area contributed by atoms with Crippen molar-refractivity contribution in [2.24, 2.45) is 0 Å². The molecule has 0 spiro atoms. The molecule has 0 saturated heterocycles. The molecule has 1 aromatic carbocycles. The van der Waals surface area contributed by atoms with Gasteiger partial charge in [0.15, 0.2) is 0 Å². The number of aromatic nitrogens is 1. The number of halogens is 2. The molecule has 0 N–H and O–H groups in total. The second-order valence-corrected chi connectivity index (χ2v) is 6.11. The fourth-order valence-electron chi connectivity index (χ4n) is 1.75. The molecule has 90 valence electrons. The van der Waals surface area contributed by atoms with Gasteiger partial charge in [-0.1, -0.05) is 39.7 Å². The van der Waals surface area contributed by atoms with Crippen molar-refractivity contribution < 1.29 is 0 Å². The lowest BCUT2D eigenvalue weighted by molar-refractivity contribution is 0.759. The summed E-state index contributed by atoms with van der Waals surface area (Å²) in [6.07, 6.45) is 0.969. The third kappa shape index (κ3) is 3.54. The maximum absolute atomic E-state index is 5.90. The van der Waals surface area contributed by atoms with E-state index in [0.29, 0.717) is 5.92 Å². The van der Waals surface area contributed by atoms with E-state index in [2.05, 4.69) is 38.4 Å². The molecule has 1 unspecified atom stereocenters. The molecule has 4 heteroatoms. The molecule has 1 heterocycles. The SMILES string of the molecule is Cc1nc(CC(CBr)c2ccc(Cl)cc2)cs1. The van der Waals surface area contributed by atoms with Gasteiger partial charge in [0.05, 0.1) is 10.7 Å². The monoisotopic (exact) mass is 329 g/mol. The van der Waals surface area contributed by atoms with Gasteiger partial charge in [0.2, 0.25) is 0 Å². The van der Waals surface area contributed by atoms with Gasteiger partial charge >= 0.3 is 0 Å². The molecule has 0 aliphatic heterocycles. The number of hydrogen-bond donors (Lipinski definition) is 0. The minimum absolute atomic E-state index is 0.453. The number of thiazole rings is 1. The first kappa shape index (κ1) is 13.1. The molecule has 1 atom stereocenters. The Labute approximate surface area is 119 Å². The molecule has 0 aliphatic rings. The Hall–Kier alpha value is -0.380. The van der Waals surface area contributed by atoms with Crippen molar-refractivity contribution >= 4 is 38.9 Å². The second kappa shape index (κ2) is 5.98. The molecule has 0 aliphatic carbocycles. The Morgan fingerprint density at radius 3 is 2.59 bits per heavy atom. The van der Waals surface area contributed by atoms with Gasteiger partial charge < -0.3 is 0 Å². The van der Waals surface area contributed by atoms with Gasteiger partial charge in [-0.05, 0) is 37.0 Å². The number of alkyl halides is 1. The first-order valence-corrected chi connectivity index (χ1v) is 7.79. The van der Waals surface area contributed by atoms with Crippen LogP contribution in [0, 0.1) is 6.92 Å². The fraction of sp³-hybridized carbons (Fsp3) is 0.308. The maximum Gasteiger partial charge on any atom is 0.0897 e. The smallest absolute Gasteiger partial charge is 0.0897 e. The van der Waals surface area contributed by atoms with Gasteiger partial charge in [0.1, 0.15) is 0 Å². The first-order chi connectivity index (χ1) is 8.19. The summed E-state index contributed by atoms with van der Waals surface area (Å²) in [6.45, 7) is 2.04. The van der Waals surface area contributed by atoms with Crippen LogP contribution in [-0.2, 0) is 6.42 Å². The topological polar surface area (TPSA) is 12.9 Å². The summed E-state index contributed by atoms with van der Waals surface area (Å²) in [5.74, 6) is 0.453. The number of aryl methyl sites for hydroxylation is 1. The zero-order valence-electron chi connectivity index (χ0n) is 9.49. The Bertz CT molecular complexity index is 480. The van der Waals surface area contributed by atoms with Gasteiger partial charge in [-0.3, -0.25) is 0 Å². The molecule has 1 nitrogen and oxygen atoms in total. The van der Waals surface area contributed by atoms with Crippen molar-refractivity contribution in [1.29, 1.82) is 0 Å². The van der Waals surface area contributed by atoms with E-state index in [-0.39, 0.29) is 0 Å². The Balaban J connectivity index is 2.13. The average Bonchev–Trinajstić information content (AvgIpc) is 2.73. The summed E-state index contributed by atoms with van der Waals surface area (Å²) in [5, 5.41) is 4.99. The molecule has 2 aromatic rings. The molecule has 17 heavy (non-hydrogen) atoms. The van der Waals surface area contributed by atoms with E-state index in [9.17, 15) is 0 Å². The number of hydrogen-bond acceptors (Lipinski definition) is 2. The fourth-order valence-corrected chi connectivity index (χ4v) is 3.11. The molecule has 0 bridgehead atoms. The van der Waals surface area contributed by atoms with E-state index in [4.69, 9.17) is 11.6 Å². The van der Waals surface area contributed by atoms with E-state index in [0.717, 1.165) is 21.8 Å². The third-order valence-corrected chi connectivity index (χ3v) is 4.51. The van der Waals surface area contributed by atoms with Gasteiger partial charge in [-0.25, -0.2) is 4.98 Å². The second-order valence-electron chi connectivity index (χ2n) is 3.96. The van der Waals surface area contributed by atoms with Crippen LogP contribution in [0.15, 0.2) is 29.6 Å². The van der Waals surface area contributed by atoms with Crippen LogP contribution in [0.25, 0.3) is 0 Å². The maximum atomic E-state index is 5.90. The van der Waals surface area contributed by atoms with E-state index in [1.807, 2.05) is 19.1 Å². The summed E-state index contributed by atoms with van der Waals surface area (Å²) < 4.78 is 0. The largest absolute Gasteiger partial charge is 0.247 e. The third-order valence-electron chi connectivity index (χ3n) is 2.65. The standard InChI is InChI=1S/C13H13BrClNS/c1-9-16-13(8-17-9)6-11(7-14)10-2-4-12(15)5-3-10/h2-5,8,11H,6-7H2,1H3. The van der Waals surface area contributed by atoms with Gasteiger partial charge in [0, 0.05) is 15.7 Å². The summed E-state index contributed by atoms with van der Waals surface area (Å²) >= 11 is 11.2. The summed E-state index contributed by atoms with van der Waals surface area (Å²) in [7, 11) is 0. The average molecular weight is 331 g/mol. The molecular formula is C13H13BrClNS. The van der Waals surface area contributed by atoms with E-state index in [1.54, 1.807) is 11.3 Å². The van der Waals surface area contributed by atoms with E-state index >= 15 is 0 Å². The highest BCUT2D eigenvalue weighted by Crippen LogP contribution is 2.25. The number of rotatable bonds is 4. The molecule has 0 saturated carbocycles. The predicted octanol–water partition coefficient (Wildman–Crippen LogP) is 4.83. The van der Waals surface area contributed by atoms with Crippen molar-refractivity contribution in [3.8, 4) is 0 Å². The zero-order chi connectivity index (χ0) is 12.3. The Kier molecular flexibility index (Phi) is 4.60. The highest BCUT2D eigenvalue weighted by molar-refractivity contribution is 9.09. The summed E-state index contributed by atoms with van der Waals surface area (Å²) in [5.41, 5.74) is 2.48. The molecule has 1 aromatic heterocycles. The van der Waals surface area contributed by atoms with Crippen molar-refractivity contribution in [2.75, 3.05) is 5.33 Å². The van der Waals surface area contributed by atoms with Crippen LogP contribution in [0.2, 0.25) is 5.02 Å². The van der Waals surface area contributed by atoms with Gasteiger partial charge in [0.25, 0.3) is 0 Å². The molecule has 0 radical (unpaired) electrons. The van der Waals surface area contributed by atoms with Crippen molar-refractivity contribution in [3.05, 3.63) is 50.9 Å². The Morgan fingerprint density at radius 2 is 2.06 bits per heavy atom. The van der Waals surface area contributed by atoms with Gasteiger partial charge in [-0.15, -0.1) is 11.3 Å². The van der Waals surface area contributed by atoms with Crippen LogP contribution in [0.1, 0.15) is 22.2 Å². The van der Waals surface area contributed by atoms with Crippen LogP contribution in [0.5, 0.6) is 0 Å².